The molecule has 1 heteroatoms. The summed E-state index contributed by atoms with van der Waals surface area (Å²) in [6.45, 7) is 4.43. The van der Waals surface area contributed by atoms with Crippen molar-refractivity contribution in [3.8, 4) is 0 Å². The van der Waals surface area contributed by atoms with Gasteiger partial charge < -0.3 is 4.74 Å². The van der Waals surface area contributed by atoms with Gasteiger partial charge in [-0.1, -0.05) is 6.92 Å². The van der Waals surface area contributed by atoms with Crippen LogP contribution in [0.4, 0.5) is 0 Å². The van der Waals surface area contributed by atoms with Crippen molar-refractivity contribution in [1.29, 1.82) is 0 Å². The van der Waals surface area contributed by atoms with Gasteiger partial charge in [-0.05, 0) is 30.6 Å². The Hall–Kier alpha value is -0.0400. The molecule has 52 valence electrons. The maximum absolute atomic E-state index is 5.37. The lowest BCUT2D eigenvalue weighted by molar-refractivity contribution is 0.0282. The highest BCUT2D eigenvalue weighted by Gasteiger charge is 2.46. The van der Waals surface area contributed by atoms with E-state index in [1.54, 1.807) is 0 Å². The Bertz CT molecular complexity index is 114. The van der Waals surface area contributed by atoms with Crippen molar-refractivity contribution in [2.75, 3.05) is 13.2 Å². The van der Waals surface area contributed by atoms with Crippen LogP contribution in [0, 0.1) is 11.3 Å². The minimum Gasteiger partial charge on any atom is -0.381 e. The van der Waals surface area contributed by atoms with E-state index in [0.717, 1.165) is 19.1 Å². The van der Waals surface area contributed by atoms with Crippen LogP contribution in [0.5, 0.6) is 0 Å². The number of ether oxygens (including phenoxy) is 1. The molecule has 9 heavy (non-hydrogen) atoms. The van der Waals surface area contributed by atoms with E-state index < -0.39 is 0 Å². The monoisotopic (exact) mass is 126 g/mol. The summed E-state index contributed by atoms with van der Waals surface area (Å²) in [7, 11) is 0. The van der Waals surface area contributed by atoms with E-state index >= 15 is 0 Å². The van der Waals surface area contributed by atoms with Crippen molar-refractivity contribution in [2.24, 2.45) is 11.3 Å². The second-order valence-electron chi connectivity index (χ2n) is 3.60. The first-order valence-electron chi connectivity index (χ1n) is 3.91. The second kappa shape index (κ2) is 1.72. The SMILES string of the molecule is CC1CC[C@]12CCOC2. The van der Waals surface area contributed by atoms with Gasteiger partial charge >= 0.3 is 0 Å². The lowest BCUT2D eigenvalue weighted by Gasteiger charge is -2.44. The first-order valence-corrected chi connectivity index (χ1v) is 3.91. The molecule has 1 aliphatic heterocycles. The maximum Gasteiger partial charge on any atom is 0.0525 e. The first-order chi connectivity index (χ1) is 4.33. The van der Waals surface area contributed by atoms with Gasteiger partial charge in [-0.25, -0.2) is 0 Å². The van der Waals surface area contributed by atoms with Crippen LogP contribution >= 0.6 is 0 Å². The van der Waals surface area contributed by atoms with E-state index in [-0.39, 0.29) is 0 Å². The normalized spacial score (nSPS) is 49.7. The molecule has 0 bridgehead atoms. The zero-order chi connectivity index (χ0) is 6.32. The van der Waals surface area contributed by atoms with E-state index in [4.69, 9.17) is 4.74 Å². The minimum absolute atomic E-state index is 0.653. The molecule has 1 saturated heterocycles. The molecular formula is C8H14O. The zero-order valence-corrected chi connectivity index (χ0v) is 6.02. The van der Waals surface area contributed by atoms with Crippen molar-refractivity contribution in [2.45, 2.75) is 26.2 Å². The topological polar surface area (TPSA) is 9.23 Å². The first kappa shape index (κ1) is 5.72. The summed E-state index contributed by atoms with van der Waals surface area (Å²) < 4.78 is 5.37. The lowest BCUT2D eigenvalue weighted by Crippen LogP contribution is -2.38. The van der Waals surface area contributed by atoms with Crippen LogP contribution in [-0.4, -0.2) is 13.2 Å². The van der Waals surface area contributed by atoms with Crippen LogP contribution in [0.1, 0.15) is 26.2 Å². The second-order valence-corrected chi connectivity index (χ2v) is 3.60. The summed E-state index contributed by atoms with van der Waals surface area (Å²) in [5, 5.41) is 0. The summed E-state index contributed by atoms with van der Waals surface area (Å²) >= 11 is 0. The van der Waals surface area contributed by atoms with Gasteiger partial charge in [0.1, 0.15) is 0 Å². The summed E-state index contributed by atoms with van der Waals surface area (Å²) in [6.07, 6.45) is 4.19. The minimum atomic E-state index is 0.653. The average Bonchev–Trinajstić information content (AvgIpc) is 2.34. The van der Waals surface area contributed by atoms with Gasteiger partial charge in [-0.3, -0.25) is 0 Å². The van der Waals surface area contributed by atoms with Gasteiger partial charge in [0.05, 0.1) is 6.61 Å². The predicted molar refractivity (Wildman–Crippen MR) is 36.3 cm³/mol. The zero-order valence-electron chi connectivity index (χ0n) is 6.02. The van der Waals surface area contributed by atoms with Crippen LogP contribution in [0.3, 0.4) is 0 Å². The highest BCUT2D eigenvalue weighted by Crippen LogP contribution is 2.51. The van der Waals surface area contributed by atoms with E-state index in [0.29, 0.717) is 5.41 Å². The van der Waals surface area contributed by atoms with E-state index in [1.165, 1.54) is 19.3 Å². The highest BCUT2D eigenvalue weighted by atomic mass is 16.5. The van der Waals surface area contributed by atoms with Crippen LogP contribution in [0.15, 0.2) is 0 Å². The molecule has 0 aromatic heterocycles. The van der Waals surface area contributed by atoms with Crippen LogP contribution in [0.2, 0.25) is 0 Å². The highest BCUT2D eigenvalue weighted by molar-refractivity contribution is 4.95. The molecule has 0 amide bonds. The maximum atomic E-state index is 5.37. The number of hydrogen-bond donors (Lipinski definition) is 0. The van der Waals surface area contributed by atoms with E-state index in [1.807, 2.05) is 0 Å². The van der Waals surface area contributed by atoms with Crippen LogP contribution in [0.25, 0.3) is 0 Å². The Morgan fingerprint density at radius 1 is 1.44 bits per heavy atom. The Kier molecular flexibility index (Phi) is 1.10. The third kappa shape index (κ3) is 0.644. The molecule has 1 aliphatic carbocycles. The summed E-state index contributed by atoms with van der Waals surface area (Å²) in [6, 6.07) is 0. The van der Waals surface area contributed by atoms with Crippen molar-refractivity contribution < 1.29 is 4.74 Å². The molecule has 0 N–H and O–H groups in total. The molecule has 1 saturated carbocycles. The smallest absolute Gasteiger partial charge is 0.0525 e. The Balaban J connectivity index is 2.06. The Morgan fingerprint density at radius 3 is 2.56 bits per heavy atom. The summed E-state index contributed by atoms with van der Waals surface area (Å²) in [5.41, 5.74) is 0.653. The van der Waals surface area contributed by atoms with Crippen molar-refractivity contribution in [3.05, 3.63) is 0 Å². The molecule has 1 spiro atoms. The van der Waals surface area contributed by atoms with Gasteiger partial charge in [-0.2, -0.15) is 0 Å². The average molecular weight is 126 g/mol. The van der Waals surface area contributed by atoms with Gasteiger partial charge in [0.2, 0.25) is 0 Å². The fraction of sp³-hybridized carbons (Fsp3) is 1.00. The molecule has 1 unspecified atom stereocenters. The van der Waals surface area contributed by atoms with Gasteiger partial charge in [0.15, 0.2) is 0 Å². The lowest BCUT2D eigenvalue weighted by atomic mass is 9.61. The standard InChI is InChI=1S/C8H14O/c1-7-2-3-8(7)4-5-9-6-8/h7H,2-6H2,1H3/t7?,8-/m1/s1. The molecule has 0 aromatic rings. The largest absolute Gasteiger partial charge is 0.381 e. The van der Waals surface area contributed by atoms with Crippen LogP contribution in [-0.2, 0) is 4.74 Å². The molecule has 2 aliphatic rings. The third-order valence-electron chi connectivity index (χ3n) is 3.25. The van der Waals surface area contributed by atoms with Gasteiger partial charge in [0, 0.05) is 6.61 Å². The van der Waals surface area contributed by atoms with E-state index in [9.17, 15) is 0 Å². The van der Waals surface area contributed by atoms with Crippen LogP contribution < -0.4 is 0 Å². The Labute approximate surface area is 56.4 Å². The third-order valence-corrected chi connectivity index (χ3v) is 3.25. The number of rotatable bonds is 0. The van der Waals surface area contributed by atoms with Crippen molar-refractivity contribution in [3.63, 3.8) is 0 Å². The fourth-order valence-electron chi connectivity index (χ4n) is 2.05. The van der Waals surface area contributed by atoms with Gasteiger partial charge in [0.25, 0.3) is 0 Å². The molecule has 2 atom stereocenters. The molecule has 0 radical (unpaired) electrons. The summed E-state index contributed by atoms with van der Waals surface area (Å²) in [5.74, 6) is 0.944. The summed E-state index contributed by atoms with van der Waals surface area (Å²) in [4.78, 5) is 0. The molecular weight excluding hydrogens is 112 g/mol. The van der Waals surface area contributed by atoms with Crippen molar-refractivity contribution >= 4 is 0 Å². The van der Waals surface area contributed by atoms with Gasteiger partial charge in [-0.15, -0.1) is 0 Å². The van der Waals surface area contributed by atoms with Crippen molar-refractivity contribution in [1.82, 2.24) is 0 Å². The molecule has 1 nitrogen and oxygen atoms in total. The Morgan fingerprint density at radius 2 is 2.33 bits per heavy atom. The quantitative estimate of drug-likeness (QED) is 0.481. The molecule has 2 fully saturated rings. The molecule has 1 heterocycles. The van der Waals surface area contributed by atoms with E-state index in [2.05, 4.69) is 6.92 Å². The predicted octanol–water partition coefficient (Wildman–Crippen LogP) is 1.82. The fourth-order valence-corrected chi connectivity index (χ4v) is 2.05. The number of hydrogen-bond acceptors (Lipinski definition) is 1. The molecule has 2 rings (SSSR count). The molecule has 0 aromatic carbocycles.